The molecule has 4 N–H and O–H groups in total. The monoisotopic (exact) mass is 318 g/mol. The van der Waals surface area contributed by atoms with Gasteiger partial charge in [-0.2, -0.15) is 0 Å². The number of phenolic OH excluding ortho intramolecular Hbond substituents is 1. The lowest BCUT2D eigenvalue weighted by molar-refractivity contribution is -0.0493. The summed E-state index contributed by atoms with van der Waals surface area (Å²) in [6.45, 7) is 1.91. The largest absolute Gasteiger partial charge is 0.508 e. The van der Waals surface area contributed by atoms with Gasteiger partial charge in [0.15, 0.2) is 5.78 Å². The summed E-state index contributed by atoms with van der Waals surface area (Å²) < 4.78 is 0. The van der Waals surface area contributed by atoms with Crippen molar-refractivity contribution in [3.8, 4) is 5.75 Å². The van der Waals surface area contributed by atoms with Crippen LogP contribution >= 0.6 is 0 Å². The van der Waals surface area contributed by atoms with Crippen LogP contribution in [-0.2, 0) is 0 Å². The molecule has 23 heavy (non-hydrogen) atoms. The Morgan fingerprint density at radius 2 is 1.91 bits per heavy atom. The van der Waals surface area contributed by atoms with Crippen LogP contribution in [0.25, 0.3) is 0 Å². The van der Waals surface area contributed by atoms with Gasteiger partial charge in [-0.05, 0) is 48.3 Å². The van der Waals surface area contributed by atoms with Gasteiger partial charge in [-0.1, -0.05) is 13.0 Å². The zero-order valence-electron chi connectivity index (χ0n) is 13.0. The highest BCUT2D eigenvalue weighted by molar-refractivity contribution is 5.99. The smallest absolute Gasteiger partial charge is 0.163 e. The number of aliphatic hydroxyl groups excluding tert-OH is 3. The van der Waals surface area contributed by atoms with E-state index in [4.69, 9.17) is 0 Å². The summed E-state index contributed by atoms with van der Waals surface area (Å²) in [5, 5.41) is 40.6. The van der Waals surface area contributed by atoms with Crippen LogP contribution in [0.15, 0.2) is 18.2 Å². The lowest BCUT2D eigenvalue weighted by Gasteiger charge is -2.49. The molecular formula is C18H22O5. The topological polar surface area (TPSA) is 98.0 Å². The van der Waals surface area contributed by atoms with Gasteiger partial charge >= 0.3 is 0 Å². The molecule has 7 atom stereocenters. The van der Waals surface area contributed by atoms with Crippen molar-refractivity contribution >= 4 is 5.78 Å². The van der Waals surface area contributed by atoms with Gasteiger partial charge in [0.25, 0.3) is 0 Å². The number of Topliss-reactive ketones (excluding diaryl/α,β-unsaturated/α-hetero) is 1. The molecule has 0 aromatic heterocycles. The van der Waals surface area contributed by atoms with Gasteiger partial charge in [-0.25, -0.2) is 0 Å². The number of aromatic hydroxyl groups is 1. The molecule has 124 valence electrons. The van der Waals surface area contributed by atoms with Crippen LogP contribution in [0, 0.1) is 17.3 Å². The van der Waals surface area contributed by atoms with E-state index in [2.05, 4.69) is 0 Å². The van der Waals surface area contributed by atoms with Crippen molar-refractivity contribution in [3.05, 3.63) is 29.3 Å². The van der Waals surface area contributed by atoms with E-state index in [-0.39, 0.29) is 35.7 Å². The fraction of sp³-hybridized carbons (Fsp3) is 0.611. The molecule has 1 aromatic rings. The first kappa shape index (κ1) is 15.1. The van der Waals surface area contributed by atoms with Gasteiger partial charge in [0.05, 0.1) is 12.2 Å². The minimum Gasteiger partial charge on any atom is -0.508 e. The standard InChI is InChI=1S/C18H22O5/c1-18-5-4-10-9-3-2-8(19)6-11(9)13(20)7-12(10)14(18)15(21)16(22)17(18)23/h2-3,6,10,12,14-17,19,21-23H,4-5,7H2,1H3/t10-,12-,14-,15-,16-,17+,18+/m1/s1. The molecule has 0 bridgehead atoms. The van der Waals surface area contributed by atoms with E-state index in [1.807, 2.05) is 6.92 Å². The number of carbonyl (C=O) groups is 1. The third-order valence-electron chi connectivity index (χ3n) is 6.61. The Morgan fingerprint density at radius 3 is 2.65 bits per heavy atom. The minimum absolute atomic E-state index is 0.0375. The second kappa shape index (κ2) is 4.79. The van der Waals surface area contributed by atoms with Crippen molar-refractivity contribution in [2.75, 3.05) is 0 Å². The van der Waals surface area contributed by atoms with Gasteiger partial charge in [0, 0.05) is 17.4 Å². The maximum Gasteiger partial charge on any atom is 0.163 e. The highest BCUT2D eigenvalue weighted by atomic mass is 16.4. The first-order valence-corrected chi connectivity index (χ1v) is 8.25. The highest BCUT2D eigenvalue weighted by Gasteiger charge is 2.62. The summed E-state index contributed by atoms with van der Waals surface area (Å²) in [6.07, 6.45) is -1.33. The van der Waals surface area contributed by atoms with Crippen LogP contribution in [-0.4, -0.2) is 44.5 Å². The molecule has 2 fully saturated rings. The summed E-state index contributed by atoms with van der Waals surface area (Å²) in [4.78, 5) is 12.5. The first-order valence-electron chi connectivity index (χ1n) is 8.25. The van der Waals surface area contributed by atoms with E-state index in [0.29, 0.717) is 12.0 Å². The molecule has 0 aliphatic heterocycles. The van der Waals surface area contributed by atoms with Crippen molar-refractivity contribution < 1.29 is 25.2 Å². The fourth-order valence-electron chi connectivity index (χ4n) is 5.45. The first-order chi connectivity index (χ1) is 10.8. The van der Waals surface area contributed by atoms with Crippen molar-refractivity contribution in [1.29, 1.82) is 0 Å². The number of ketones is 1. The molecule has 0 radical (unpaired) electrons. The molecule has 0 spiro atoms. The van der Waals surface area contributed by atoms with Crippen molar-refractivity contribution in [2.45, 2.75) is 50.4 Å². The van der Waals surface area contributed by atoms with Crippen LogP contribution in [0.2, 0.25) is 0 Å². The molecule has 2 saturated carbocycles. The van der Waals surface area contributed by atoms with Crippen molar-refractivity contribution in [1.82, 2.24) is 0 Å². The van der Waals surface area contributed by atoms with E-state index in [1.54, 1.807) is 12.1 Å². The molecule has 0 amide bonds. The zero-order chi connectivity index (χ0) is 16.5. The number of fused-ring (bicyclic) bond motifs is 5. The number of benzene rings is 1. The molecule has 3 aliphatic rings. The van der Waals surface area contributed by atoms with E-state index in [1.165, 1.54) is 6.07 Å². The van der Waals surface area contributed by atoms with Gasteiger partial charge in [0.1, 0.15) is 11.9 Å². The van der Waals surface area contributed by atoms with Gasteiger partial charge < -0.3 is 20.4 Å². The highest BCUT2D eigenvalue weighted by Crippen LogP contribution is 2.60. The Bertz CT molecular complexity index is 671. The molecule has 1 aromatic carbocycles. The summed E-state index contributed by atoms with van der Waals surface area (Å²) in [7, 11) is 0. The number of carbonyl (C=O) groups excluding carboxylic acids is 1. The van der Waals surface area contributed by atoms with Gasteiger partial charge in [-0.3, -0.25) is 4.79 Å². The van der Waals surface area contributed by atoms with E-state index >= 15 is 0 Å². The Labute approximate surface area is 134 Å². The fourth-order valence-corrected chi connectivity index (χ4v) is 5.45. The molecular weight excluding hydrogens is 296 g/mol. The Hall–Kier alpha value is -1.43. The van der Waals surface area contributed by atoms with E-state index < -0.39 is 23.7 Å². The lowest BCUT2D eigenvalue weighted by Crippen LogP contribution is -2.47. The SMILES string of the molecule is C[C@]12CC[C@@H]3c4ccc(O)cc4C(=O)C[C@H]3[C@@H]1[C@@H](O)[C@@H](O)[C@@H]2O. The molecule has 5 nitrogen and oxygen atoms in total. The molecule has 0 unspecified atom stereocenters. The quantitative estimate of drug-likeness (QED) is 0.576. The Balaban J connectivity index is 1.79. The van der Waals surface area contributed by atoms with Crippen LogP contribution in [0.1, 0.15) is 48.0 Å². The summed E-state index contributed by atoms with van der Waals surface area (Å²) in [5.41, 5.74) is 0.937. The summed E-state index contributed by atoms with van der Waals surface area (Å²) >= 11 is 0. The van der Waals surface area contributed by atoms with Crippen LogP contribution < -0.4 is 0 Å². The second-order valence-corrected chi connectivity index (χ2v) is 7.67. The molecule has 4 rings (SSSR count). The number of aliphatic hydroxyl groups is 3. The maximum atomic E-state index is 12.5. The van der Waals surface area contributed by atoms with Crippen LogP contribution in [0.3, 0.4) is 0 Å². The molecule has 0 saturated heterocycles. The molecule has 0 heterocycles. The minimum atomic E-state index is -1.15. The van der Waals surface area contributed by atoms with Crippen molar-refractivity contribution in [3.63, 3.8) is 0 Å². The Kier molecular flexibility index (Phi) is 3.15. The molecule has 3 aliphatic carbocycles. The lowest BCUT2D eigenvalue weighted by atomic mass is 9.55. The van der Waals surface area contributed by atoms with Crippen molar-refractivity contribution in [2.24, 2.45) is 17.3 Å². The zero-order valence-corrected chi connectivity index (χ0v) is 13.0. The van der Waals surface area contributed by atoms with Crippen LogP contribution in [0.5, 0.6) is 5.75 Å². The van der Waals surface area contributed by atoms with E-state index in [0.717, 1.165) is 12.0 Å². The summed E-state index contributed by atoms with van der Waals surface area (Å²) in [5.74, 6) is -0.210. The average Bonchev–Trinajstić information content (AvgIpc) is 2.69. The maximum absolute atomic E-state index is 12.5. The van der Waals surface area contributed by atoms with E-state index in [9.17, 15) is 25.2 Å². The van der Waals surface area contributed by atoms with Gasteiger partial charge in [-0.15, -0.1) is 0 Å². The number of hydrogen-bond donors (Lipinski definition) is 4. The predicted octanol–water partition coefficient (Wildman–Crippen LogP) is 1.19. The summed E-state index contributed by atoms with van der Waals surface area (Å²) in [6, 6.07) is 4.92. The van der Waals surface area contributed by atoms with Gasteiger partial charge in [0.2, 0.25) is 0 Å². The third kappa shape index (κ3) is 1.87. The second-order valence-electron chi connectivity index (χ2n) is 7.67. The molecule has 5 heteroatoms. The number of rotatable bonds is 0. The number of phenols is 1. The average molecular weight is 318 g/mol. The normalized spacial score (nSPS) is 45.3. The Morgan fingerprint density at radius 1 is 1.17 bits per heavy atom. The third-order valence-corrected chi connectivity index (χ3v) is 6.61. The number of hydrogen-bond acceptors (Lipinski definition) is 5. The predicted molar refractivity (Wildman–Crippen MR) is 82.1 cm³/mol. The van der Waals surface area contributed by atoms with Crippen LogP contribution in [0.4, 0.5) is 0 Å².